The highest BCUT2D eigenvalue weighted by Gasteiger charge is 2.17. The van der Waals surface area contributed by atoms with Crippen LogP contribution < -0.4 is 4.89 Å². The Morgan fingerprint density at radius 1 is 1.56 bits per heavy atom. The van der Waals surface area contributed by atoms with Crippen LogP contribution in [0.25, 0.3) is 0 Å². The molecular formula is C9H7FN2O5S. The molecule has 0 atom stereocenters. The number of nitrogens with one attached hydrogen (secondary N) is 1. The van der Waals surface area contributed by atoms with Crippen molar-refractivity contribution in [2.24, 2.45) is 0 Å². The van der Waals surface area contributed by atoms with Gasteiger partial charge in [0.05, 0.1) is 10.5 Å². The Hall–Kier alpha value is -2.02. The van der Waals surface area contributed by atoms with Gasteiger partial charge < -0.3 is 5.11 Å². The number of nitrogens with zero attached hydrogens (tertiary/aromatic N) is 1. The van der Waals surface area contributed by atoms with E-state index in [2.05, 4.69) is 4.84 Å². The summed E-state index contributed by atoms with van der Waals surface area (Å²) in [5, 5.41) is 16.8. The van der Waals surface area contributed by atoms with E-state index in [1.54, 1.807) is 0 Å². The van der Waals surface area contributed by atoms with Crippen LogP contribution in [0, 0.1) is 17.1 Å². The van der Waals surface area contributed by atoms with Gasteiger partial charge in [0.1, 0.15) is 11.9 Å². The van der Waals surface area contributed by atoms with Gasteiger partial charge in [0.2, 0.25) is 0 Å². The molecule has 0 radical (unpaired) electrons. The van der Waals surface area contributed by atoms with Gasteiger partial charge in [-0.3, -0.25) is 4.84 Å². The van der Waals surface area contributed by atoms with Crippen LogP contribution in [0.2, 0.25) is 0 Å². The first-order valence-electron chi connectivity index (χ1n) is 4.42. The lowest BCUT2D eigenvalue weighted by molar-refractivity contribution is -0.143. The molecule has 0 aliphatic carbocycles. The maximum atomic E-state index is 13.0. The molecule has 0 saturated heterocycles. The highest BCUT2D eigenvalue weighted by molar-refractivity contribution is 7.89. The summed E-state index contributed by atoms with van der Waals surface area (Å²) >= 11 is 0. The van der Waals surface area contributed by atoms with Crippen LogP contribution in [0.5, 0.6) is 0 Å². The molecule has 1 rings (SSSR count). The van der Waals surface area contributed by atoms with E-state index in [9.17, 15) is 17.6 Å². The number of carboxylic acid groups (broad SMARTS) is 1. The summed E-state index contributed by atoms with van der Waals surface area (Å²) in [6.07, 6.45) is 0. The van der Waals surface area contributed by atoms with Gasteiger partial charge in [-0.25, -0.2) is 17.6 Å². The molecule has 0 unspecified atom stereocenters. The predicted octanol–water partition coefficient (Wildman–Crippen LogP) is -0.00812. The smallest absolute Gasteiger partial charge is 0.331 e. The lowest BCUT2D eigenvalue weighted by atomic mass is 10.2. The van der Waals surface area contributed by atoms with Gasteiger partial charge in [0, 0.05) is 0 Å². The van der Waals surface area contributed by atoms with Crippen LogP contribution in [-0.2, 0) is 19.7 Å². The zero-order valence-electron chi connectivity index (χ0n) is 8.75. The minimum atomic E-state index is -4.16. The maximum Gasteiger partial charge on any atom is 0.331 e. The summed E-state index contributed by atoms with van der Waals surface area (Å²) in [5.41, 5.74) is -0.448. The molecule has 1 aromatic carbocycles. The number of hydrogen-bond acceptors (Lipinski definition) is 5. The normalized spacial score (nSPS) is 10.9. The van der Waals surface area contributed by atoms with Crippen molar-refractivity contribution < 1.29 is 27.5 Å². The third-order valence-corrected chi connectivity index (χ3v) is 2.94. The maximum absolute atomic E-state index is 13.0. The SMILES string of the molecule is N#Cc1cc(S(=O)(=O)NOCC(=O)O)ccc1F. The van der Waals surface area contributed by atoms with Crippen molar-refractivity contribution in [1.82, 2.24) is 4.89 Å². The lowest BCUT2D eigenvalue weighted by Crippen LogP contribution is -2.27. The molecule has 0 aliphatic heterocycles. The number of halogens is 1. The van der Waals surface area contributed by atoms with Crippen LogP contribution in [0.15, 0.2) is 23.1 Å². The van der Waals surface area contributed by atoms with E-state index in [-0.39, 0.29) is 0 Å². The van der Waals surface area contributed by atoms with Gasteiger partial charge >= 0.3 is 5.97 Å². The molecule has 0 aromatic heterocycles. The van der Waals surface area contributed by atoms with Gasteiger partial charge in [0.15, 0.2) is 6.61 Å². The van der Waals surface area contributed by atoms with E-state index in [1.807, 2.05) is 0 Å². The molecule has 0 aliphatic rings. The van der Waals surface area contributed by atoms with E-state index in [0.29, 0.717) is 0 Å². The fourth-order valence-electron chi connectivity index (χ4n) is 0.974. The quantitative estimate of drug-likeness (QED) is 0.729. The van der Waals surface area contributed by atoms with Gasteiger partial charge in [0.25, 0.3) is 10.0 Å². The van der Waals surface area contributed by atoms with Gasteiger partial charge in [-0.15, -0.1) is 0 Å². The van der Waals surface area contributed by atoms with Crippen molar-refractivity contribution in [2.75, 3.05) is 6.61 Å². The largest absolute Gasteiger partial charge is 0.479 e. The molecule has 96 valence electrons. The van der Waals surface area contributed by atoms with Crippen LogP contribution in [0.4, 0.5) is 4.39 Å². The molecule has 0 saturated carbocycles. The topological polar surface area (TPSA) is 116 Å². The van der Waals surface area contributed by atoms with E-state index in [0.717, 1.165) is 18.2 Å². The Labute approximate surface area is 101 Å². The third-order valence-electron chi connectivity index (χ3n) is 1.73. The molecule has 0 amide bonds. The van der Waals surface area contributed by atoms with Crippen molar-refractivity contribution in [3.05, 3.63) is 29.6 Å². The third kappa shape index (κ3) is 3.49. The Morgan fingerprint density at radius 2 is 2.22 bits per heavy atom. The number of rotatable bonds is 5. The number of benzene rings is 1. The average Bonchev–Trinajstić information content (AvgIpc) is 2.28. The van der Waals surface area contributed by atoms with Crippen LogP contribution in [0.1, 0.15) is 5.56 Å². The number of nitriles is 1. The summed E-state index contributed by atoms with van der Waals surface area (Å²) in [6, 6.07) is 4.02. The summed E-state index contributed by atoms with van der Waals surface area (Å²) in [6.45, 7) is -0.870. The van der Waals surface area contributed by atoms with E-state index in [1.165, 1.54) is 11.0 Å². The van der Waals surface area contributed by atoms with E-state index < -0.39 is 38.9 Å². The van der Waals surface area contributed by atoms with Crippen molar-refractivity contribution in [2.45, 2.75) is 4.90 Å². The Balaban J connectivity index is 2.92. The molecule has 18 heavy (non-hydrogen) atoms. The molecule has 9 heteroatoms. The van der Waals surface area contributed by atoms with Crippen molar-refractivity contribution in [1.29, 1.82) is 5.26 Å². The number of sulfonamides is 1. The van der Waals surface area contributed by atoms with Gasteiger partial charge in [-0.05, 0) is 18.2 Å². The molecule has 0 fully saturated rings. The Morgan fingerprint density at radius 3 is 2.78 bits per heavy atom. The summed E-state index contributed by atoms with van der Waals surface area (Å²) in [5.74, 6) is -2.22. The Kier molecular flexibility index (Phi) is 4.33. The van der Waals surface area contributed by atoms with Crippen molar-refractivity contribution in [3.63, 3.8) is 0 Å². The minimum absolute atomic E-state index is 0.411. The average molecular weight is 274 g/mol. The minimum Gasteiger partial charge on any atom is -0.479 e. The van der Waals surface area contributed by atoms with Gasteiger partial charge in [-0.1, -0.05) is 4.89 Å². The lowest BCUT2D eigenvalue weighted by Gasteiger charge is -2.06. The molecule has 1 aromatic rings. The fraction of sp³-hybridized carbons (Fsp3) is 0.111. The van der Waals surface area contributed by atoms with Crippen molar-refractivity contribution in [3.8, 4) is 6.07 Å². The molecule has 7 nitrogen and oxygen atoms in total. The first kappa shape index (κ1) is 14.0. The zero-order chi connectivity index (χ0) is 13.8. The van der Waals surface area contributed by atoms with Crippen LogP contribution in [0.3, 0.4) is 0 Å². The molecule has 2 N–H and O–H groups in total. The number of aliphatic carboxylic acids is 1. The number of hydrogen-bond donors (Lipinski definition) is 2. The molecule has 0 bridgehead atoms. The fourth-order valence-corrected chi connectivity index (χ4v) is 1.80. The van der Waals surface area contributed by atoms with Gasteiger partial charge in [-0.2, -0.15) is 5.26 Å². The second kappa shape index (κ2) is 5.54. The predicted molar refractivity (Wildman–Crippen MR) is 55.0 cm³/mol. The molecule has 0 heterocycles. The number of carboxylic acids is 1. The first-order valence-corrected chi connectivity index (χ1v) is 5.90. The van der Waals surface area contributed by atoms with Crippen LogP contribution in [-0.4, -0.2) is 26.1 Å². The highest BCUT2D eigenvalue weighted by atomic mass is 32.2. The molecule has 0 spiro atoms. The summed E-state index contributed by atoms with van der Waals surface area (Å²) in [4.78, 5) is 15.4. The first-order chi connectivity index (χ1) is 8.36. The zero-order valence-corrected chi connectivity index (χ0v) is 9.57. The second-order valence-corrected chi connectivity index (χ2v) is 4.67. The summed E-state index contributed by atoms with van der Waals surface area (Å²) in [7, 11) is -4.16. The summed E-state index contributed by atoms with van der Waals surface area (Å²) < 4.78 is 36.0. The monoisotopic (exact) mass is 274 g/mol. The highest BCUT2D eigenvalue weighted by Crippen LogP contribution is 2.14. The van der Waals surface area contributed by atoms with E-state index in [4.69, 9.17) is 10.4 Å². The van der Waals surface area contributed by atoms with E-state index >= 15 is 0 Å². The molecular weight excluding hydrogens is 267 g/mol. The standard InChI is InChI=1S/C9H7FN2O5S/c10-8-2-1-7(3-6(8)4-11)18(15,16)12-17-5-9(13)14/h1-3,12H,5H2,(H,13,14). The number of carbonyl (C=O) groups is 1. The second-order valence-electron chi connectivity index (χ2n) is 3.02. The Bertz CT molecular complexity index is 608. The van der Waals surface area contributed by atoms with Crippen molar-refractivity contribution >= 4 is 16.0 Å². The van der Waals surface area contributed by atoms with Crippen LogP contribution >= 0.6 is 0 Å².